The number of nitrogens with one attached hydrogen (secondary N) is 1. The molecule has 5 rings (SSSR count). The van der Waals surface area contributed by atoms with Crippen LogP contribution in [0.3, 0.4) is 0 Å². The average molecular weight is 516 g/mol. The van der Waals surface area contributed by atoms with Gasteiger partial charge in [0.25, 0.3) is 15.9 Å². The highest BCUT2D eigenvalue weighted by Crippen LogP contribution is 2.44. The third-order valence-electron chi connectivity index (χ3n) is 7.07. The van der Waals surface area contributed by atoms with Crippen molar-refractivity contribution in [1.82, 2.24) is 9.71 Å². The average Bonchev–Trinajstić information content (AvgIpc) is 3.52. The van der Waals surface area contributed by atoms with Crippen LogP contribution < -0.4 is 19.1 Å². The van der Waals surface area contributed by atoms with Crippen LogP contribution >= 0.6 is 0 Å². The van der Waals surface area contributed by atoms with Crippen molar-refractivity contribution in [2.75, 3.05) is 18.0 Å². The molecule has 36 heavy (non-hydrogen) atoms. The first kappa shape index (κ1) is 24.8. The van der Waals surface area contributed by atoms with Gasteiger partial charge in [0.05, 0.1) is 12.2 Å². The van der Waals surface area contributed by atoms with E-state index >= 15 is 0 Å². The molecule has 194 valence electrons. The Kier molecular flexibility index (Phi) is 6.82. The number of aryl methyl sites for hydroxylation is 1. The van der Waals surface area contributed by atoms with Gasteiger partial charge in [0.15, 0.2) is 22.1 Å². The molecule has 1 amide bonds. The van der Waals surface area contributed by atoms with E-state index in [1.807, 2.05) is 30.0 Å². The molecule has 1 aromatic carbocycles. The van der Waals surface area contributed by atoms with Gasteiger partial charge in [-0.2, -0.15) is 8.42 Å². The summed E-state index contributed by atoms with van der Waals surface area (Å²) in [4.78, 5) is 19.2. The second-order valence-corrected chi connectivity index (χ2v) is 11.7. The fraction of sp³-hybridized carbons (Fsp3) is 0.538. The Balaban J connectivity index is 1.30. The summed E-state index contributed by atoms with van der Waals surface area (Å²) in [7, 11) is -4.21. The number of ether oxygens (including phenoxy) is 2. The third kappa shape index (κ3) is 5.44. The number of aliphatic hydroxyl groups is 1. The summed E-state index contributed by atoms with van der Waals surface area (Å²) >= 11 is 0. The first-order valence-corrected chi connectivity index (χ1v) is 14.2. The maximum Gasteiger partial charge on any atom is 0.281 e. The number of hydrogen-bond acceptors (Lipinski definition) is 8. The van der Waals surface area contributed by atoms with Gasteiger partial charge in [-0.3, -0.25) is 4.79 Å². The second kappa shape index (κ2) is 9.89. The van der Waals surface area contributed by atoms with Gasteiger partial charge in [0.1, 0.15) is 5.82 Å². The summed E-state index contributed by atoms with van der Waals surface area (Å²) in [6, 6.07) is 10.2. The quantitative estimate of drug-likeness (QED) is 0.551. The molecule has 2 aliphatic carbocycles. The molecule has 9 nitrogen and oxygen atoms in total. The van der Waals surface area contributed by atoms with E-state index in [-0.39, 0.29) is 11.1 Å². The Hall–Kier alpha value is -2.85. The number of aromatic nitrogens is 1. The predicted molar refractivity (Wildman–Crippen MR) is 134 cm³/mol. The van der Waals surface area contributed by atoms with Gasteiger partial charge in [-0.05, 0) is 68.9 Å². The highest BCUT2D eigenvalue weighted by molar-refractivity contribution is 7.90. The summed E-state index contributed by atoms with van der Waals surface area (Å²) in [5.74, 6) is 0.773. The molecule has 1 atom stereocenters. The minimum Gasteiger partial charge on any atom is -0.487 e. The molecule has 3 fully saturated rings. The molecule has 2 saturated carbocycles. The Morgan fingerprint density at radius 1 is 1.11 bits per heavy atom. The van der Waals surface area contributed by atoms with Crippen LogP contribution in [0.4, 0.5) is 5.82 Å². The summed E-state index contributed by atoms with van der Waals surface area (Å²) in [5, 5.41) is 9.54. The van der Waals surface area contributed by atoms with Crippen LogP contribution in [0, 0.1) is 6.92 Å². The molecule has 10 heteroatoms. The summed E-state index contributed by atoms with van der Waals surface area (Å²) < 4.78 is 40.7. The molecule has 0 unspecified atom stereocenters. The smallest absolute Gasteiger partial charge is 0.281 e. The summed E-state index contributed by atoms with van der Waals surface area (Å²) in [6.07, 6.45) is 6.51. The van der Waals surface area contributed by atoms with E-state index in [1.165, 1.54) is 12.5 Å². The Labute approximate surface area is 211 Å². The van der Waals surface area contributed by atoms with Gasteiger partial charge in [0.2, 0.25) is 0 Å². The minimum absolute atomic E-state index is 0.114. The highest BCUT2D eigenvalue weighted by Gasteiger charge is 2.54. The van der Waals surface area contributed by atoms with E-state index < -0.39 is 27.6 Å². The lowest BCUT2D eigenvalue weighted by Crippen LogP contribution is -2.43. The lowest BCUT2D eigenvalue weighted by molar-refractivity contribution is -0.128. The number of nitrogens with zero attached hydrogens (tertiary/aromatic N) is 2. The molecule has 1 saturated heterocycles. The zero-order valence-corrected chi connectivity index (χ0v) is 21.3. The van der Waals surface area contributed by atoms with E-state index in [1.54, 1.807) is 12.1 Å². The topological polar surface area (TPSA) is 118 Å². The van der Waals surface area contributed by atoms with E-state index in [0.29, 0.717) is 49.7 Å². The van der Waals surface area contributed by atoms with Crippen LogP contribution in [0.2, 0.25) is 0 Å². The van der Waals surface area contributed by atoms with Crippen molar-refractivity contribution in [3.63, 3.8) is 0 Å². The lowest BCUT2D eigenvalue weighted by Gasteiger charge is -2.26. The van der Waals surface area contributed by atoms with Crippen LogP contribution in [0.15, 0.2) is 41.4 Å². The van der Waals surface area contributed by atoms with Crippen molar-refractivity contribution in [3.8, 4) is 11.5 Å². The third-order valence-corrected chi connectivity index (χ3v) is 8.30. The largest absolute Gasteiger partial charge is 0.487 e. The number of hydrogen-bond donors (Lipinski definition) is 2. The number of β-amino-alcohol motifs (C(OH)–C–C–N with tert-alkyl or cyclic N) is 1. The summed E-state index contributed by atoms with van der Waals surface area (Å²) in [6.45, 7) is 2.91. The van der Waals surface area contributed by atoms with E-state index in [9.17, 15) is 18.3 Å². The van der Waals surface area contributed by atoms with Crippen molar-refractivity contribution in [1.29, 1.82) is 0 Å². The second-order valence-electron chi connectivity index (χ2n) is 10.1. The van der Waals surface area contributed by atoms with Crippen molar-refractivity contribution in [2.24, 2.45) is 0 Å². The van der Waals surface area contributed by atoms with Crippen LogP contribution in [0.5, 0.6) is 11.5 Å². The SMILES string of the molecule is Cc1ccc(OC2CCCCC2)c(OC2(C(=O)NS(=O)(=O)c3cccc(N4CC[C@H](O)C4)n3)CC2)c1. The van der Waals surface area contributed by atoms with Gasteiger partial charge in [-0.1, -0.05) is 18.6 Å². The van der Waals surface area contributed by atoms with Crippen LogP contribution in [-0.2, 0) is 14.8 Å². The molecule has 2 aromatic rings. The number of amides is 1. The maximum absolute atomic E-state index is 13.2. The van der Waals surface area contributed by atoms with E-state index in [4.69, 9.17) is 9.47 Å². The Morgan fingerprint density at radius 3 is 2.58 bits per heavy atom. The van der Waals surface area contributed by atoms with Gasteiger partial charge >= 0.3 is 0 Å². The fourth-order valence-electron chi connectivity index (χ4n) is 4.80. The molecule has 2 heterocycles. The van der Waals surface area contributed by atoms with Crippen LogP contribution in [0.1, 0.15) is 56.9 Å². The van der Waals surface area contributed by atoms with E-state index in [2.05, 4.69) is 9.71 Å². The van der Waals surface area contributed by atoms with Crippen LogP contribution in [0.25, 0.3) is 0 Å². The van der Waals surface area contributed by atoms with Crippen LogP contribution in [-0.4, -0.2) is 55.3 Å². The number of carbonyl (C=O) groups is 1. The first-order valence-electron chi connectivity index (χ1n) is 12.7. The number of pyridine rings is 1. The van der Waals surface area contributed by atoms with Crippen molar-refractivity contribution in [2.45, 2.75) is 81.1 Å². The molecule has 0 bridgehead atoms. The predicted octanol–water partition coefficient (Wildman–Crippen LogP) is 3.09. The standard InChI is InChI=1S/C26H33N3O6S/c1-18-10-11-21(34-20-6-3-2-4-7-20)22(16-18)35-26(13-14-26)25(31)28-36(32,33)24-9-5-8-23(27-24)29-15-12-19(30)17-29/h5,8-11,16,19-20,30H,2-4,6-7,12-15,17H2,1H3,(H,28,31)/t19-/m0/s1. The molecule has 2 N–H and O–H groups in total. The Bertz CT molecular complexity index is 1220. The zero-order valence-electron chi connectivity index (χ0n) is 20.5. The number of sulfonamides is 1. The molecule has 1 aliphatic heterocycles. The number of anilines is 1. The van der Waals surface area contributed by atoms with Crippen molar-refractivity contribution >= 4 is 21.7 Å². The number of rotatable bonds is 8. The number of carbonyl (C=O) groups excluding carboxylic acids is 1. The molecule has 0 radical (unpaired) electrons. The molecular weight excluding hydrogens is 482 g/mol. The number of aliphatic hydroxyl groups excluding tert-OH is 1. The molecular formula is C26H33N3O6S. The zero-order chi connectivity index (χ0) is 25.3. The monoisotopic (exact) mass is 515 g/mol. The lowest BCUT2D eigenvalue weighted by atomic mass is 9.98. The molecule has 0 spiro atoms. The van der Waals surface area contributed by atoms with Crippen molar-refractivity contribution in [3.05, 3.63) is 42.0 Å². The first-order chi connectivity index (χ1) is 17.2. The van der Waals surface area contributed by atoms with Gasteiger partial charge < -0.3 is 19.5 Å². The summed E-state index contributed by atoms with van der Waals surface area (Å²) in [5.41, 5.74) is -0.305. The van der Waals surface area contributed by atoms with Gasteiger partial charge in [-0.25, -0.2) is 9.71 Å². The molecule has 1 aromatic heterocycles. The van der Waals surface area contributed by atoms with Gasteiger partial charge in [-0.15, -0.1) is 0 Å². The number of benzene rings is 1. The fourth-order valence-corrected chi connectivity index (χ4v) is 5.81. The Morgan fingerprint density at radius 2 is 1.89 bits per heavy atom. The van der Waals surface area contributed by atoms with E-state index in [0.717, 1.165) is 31.2 Å². The minimum atomic E-state index is -4.21. The highest BCUT2D eigenvalue weighted by atomic mass is 32.2. The normalized spacial score (nSPS) is 21.7. The van der Waals surface area contributed by atoms with Crippen molar-refractivity contribution < 1.29 is 27.8 Å². The van der Waals surface area contributed by atoms with Gasteiger partial charge in [0, 0.05) is 25.9 Å². The molecule has 3 aliphatic rings. The maximum atomic E-state index is 13.2.